The van der Waals surface area contributed by atoms with E-state index >= 15 is 0 Å². The van der Waals surface area contributed by atoms with Gasteiger partial charge in [-0.15, -0.1) is 0 Å². The molecular weight excluding hydrogens is 196 g/mol. The Morgan fingerprint density at radius 1 is 1.19 bits per heavy atom. The monoisotopic (exact) mass is 218 g/mol. The van der Waals surface area contributed by atoms with Crippen LogP contribution in [0.15, 0.2) is 46.1 Å². The van der Waals surface area contributed by atoms with E-state index in [4.69, 9.17) is 0 Å². The molecule has 0 fully saturated rings. The minimum atomic E-state index is 0.874. The van der Waals surface area contributed by atoms with Crippen molar-refractivity contribution in [1.29, 1.82) is 0 Å². The molecule has 0 saturated heterocycles. The number of hydrogen-bond donors (Lipinski definition) is 0. The summed E-state index contributed by atoms with van der Waals surface area (Å²) in [5.74, 6) is 0. The second-order valence-corrected chi connectivity index (χ2v) is 3.85. The van der Waals surface area contributed by atoms with Crippen molar-refractivity contribution in [2.75, 3.05) is 7.05 Å². The van der Waals surface area contributed by atoms with Crippen LogP contribution in [-0.2, 0) is 0 Å². The number of hydrogen-bond acceptors (Lipinski definition) is 2. The molecule has 0 aliphatic rings. The second kappa shape index (κ2) is 7.80. The predicted octanol–water partition coefficient (Wildman–Crippen LogP) is 3.96. The minimum Gasteiger partial charge on any atom is -0.293 e. The lowest BCUT2D eigenvalue weighted by molar-refractivity contribution is 1.19. The molecule has 0 radical (unpaired) electrons. The van der Waals surface area contributed by atoms with E-state index in [1.807, 2.05) is 33.2 Å². The maximum Gasteiger partial charge on any atom is 0.0366 e. The number of nitrogens with zero attached hydrogens (tertiary/aromatic N) is 2. The van der Waals surface area contributed by atoms with Crippen molar-refractivity contribution in [1.82, 2.24) is 0 Å². The van der Waals surface area contributed by atoms with Crippen LogP contribution >= 0.6 is 0 Å². The Labute approximate surface area is 99.2 Å². The molecule has 16 heavy (non-hydrogen) atoms. The maximum atomic E-state index is 4.21. The fourth-order valence-corrected chi connectivity index (χ4v) is 1.24. The highest BCUT2D eigenvalue weighted by molar-refractivity contribution is 5.98. The summed E-state index contributed by atoms with van der Waals surface area (Å²) in [5.41, 5.74) is 4.60. The van der Waals surface area contributed by atoms with E-state index in [1.165, 1.54) is 11.1 Å². The third-order valence-electron chi connectivity index (χ3n) is 2.38. The van der Waals surface area contributed by atoms with Gasteiger partial charge in [0.25, 0.3) is 0 Å². The topological polar surface area (TPSA) is 24.7 Å². The Bertz CT molecular complexity index is 351. The number of allylic oxidation sites excluding steroid dienone is 4. The predicted molar refractivity (Wildman–Crippen MR) is 74.5 cm³/mol. The van der Waals surface area contributed by atoms with E-state index in [0.29, 0.717) is 0 Å². The fraction of sp³-hybridized carbons (Fsp3) is 0.429. The van der Waals surface area contributed by atoms with E-state index in [2.05, 4.69) is 30.4 Å². The summed E-state index contributed by atoms with van der Waals surface area (Å²) in [5, 5.41) is 0. The molecule has 0 bridgehead atoms. The molecule has 0 aromatic heterocycles. The van der Waals surface area contributed by atoms with Gasteiger partial charge in [-0.25, -0.2) is 0 Å². The van der Waals surface area contributed by atoms with Crippen LogP contribution in [0.5, 0.6) is 0 Å². The summed E-state index contributed by atoms with van der Waals surface area (Å²) in [4.78, 5) is 8.43. The first-order chi connectivity index (χ1) is 7.52. The first kappa shape index (κ1) is 14.6. The highest BCUT2D eigenvalue weighted by atomic mass is 14.7. The van der Waals surface area contributed by atoms with Crippen LogP contribution in [0.4, 0.5) is 0 Å². The summed E-state index contributed by atoms with van der Waals surface area (Å²) in [6.07, 6.45) is 6.48. The zero-order valence-electron chi connectivity index (χ0n) is 11.0. The fourth-order valence-electron chi connectivity index (χ4n) is 1.24. The van der Waals surface area contributed by atoms with E-state index in [1.54, 1.807) is 6.08 Å². The van der Waals surface area contributed by atoms with Crippen LogP contribution in [0.1, 0.15) is 34.1 Å². The van der Waals surface area contributed by atoms with Gasteiger partial charge in [-0.3, -0.25) is 9.98 Å². The van der Waals surface area contributed by atoms with E-state index in [-0.39, 0.29) is 0 Å². The lowest BCUT2D eigenvalue weighted by Crippen LogP contribution is -1.98. The van der Waals surface area contributed by atoms with Crippen LogP contribution in [0.3, 0.4) is 0 Å². The quantitative estimate of drug-likeness (QED) is 0.624. The van der Waals surface area contributed by atoms with Crippen molar-refractivity contribution in [3.05, 3.63) is 36.1 Å². The molecule has 0 rings (SSSR count). The normalized spacial score (nSPS) is 13.1. The highest BCUT2D eigenvalue weighted by Gasteiger charge is 2.00. The first-order valence-corrected chi connectivity index (χ1v) is 5.44. The molecular formula is C14H22N2. The molecule has 0 atom stereocenters. The minimum absolute atomic E-state index is 0.874. The second-order valence-electron chi connectivity index (χ2n) is 3.85. The molecule has 2 heteroatoms. The lowest BCUT2D eigenvalue weighted by Gasteiger charge is -2.05. The molecule has 0 aromatic carbocycles. The third-order valence-corrected chi connectivity index (χ3v) is 2.38. The van der Waals surface area contributed by atoms with Crippen molar-refractivity contribution in [3.63, 3.8) is 0 Å². The molecule has 0 heterocycles. The van der Waals surface area contributed by atoms with E-state index < -0.39 is 0 Å². The zero-order chi connectivity index (χ0) is 12.6. The van der Waals surface area contributed by atoms with Gasteiger partial charge in [0.05, 0.1) is 0 Å². The van der Waals surface area contributed by atoms with Crippen molar-refractivity contribution < 1.29 is 0 Å². The van der Waals surface area contributed by atoms with Crippen molar-refractivity contribution in [3.8, 4) is 0 Å². The Morgan fingerprint density at radius 2 is 1.81 bits per heavy atom. The van der Waals surface area contributed by atoms with Gasteiger partial charge in [-0.05, 0) is 45.8 Å². The van der Waals surface area contributed by atoms with Crippen LogP contribution in [-0.4, -0.2) is 18.5 Å². The standard InChI is InChI=1S/C14H22N2/c1-7-12(4)16-10-8-9-14(11(2)3)13(5)15-6/h7-8,10H,1,9H2,2-6H3/b10-8-,15-13-,16-12-. The summed E-state index contributed by atoms with van der Waals surface area (Å²) in [6.45, 7) is 11.8. The summed E-state index contributed by atoms with van der Waals surface area (Å²) in [7, 11) is 1.82. The SMILES string of the molecule is C=C/C(C)=N\C=C/CC(=C(C)C)/C(C)=N\C. The lowest BCUT2D eigenvalue weighted by atomic mass is 10.0. The van der Waals surface area contributed by atoms with Gasteiger partial charge in [-0.1, -0.05) is 18.2 Å². The average Bonchev–Trinajstić information content (AvgIpc) is 2.27. The van der Waals surface area contributed by atoms with Crippen LogP contribution in [0.25, 0.3) is 0 Å². The van der Waals surface area contributed by atoms with Gasteiger partial charge in [0.1, 0.15) is 0 Å². The Morgan fingerprint density at radius 3 is 2.25 bits per heavy atom. The number of aliphatic imine (C=N–C) groups is 2. The zero-order valence-corrected chi connectivity index (χ0v) is 11.0. The van der Waals surface area contributed by atoms with Gasteiger partial charge >= 0.3 is 0 Å². The van der Waals surface area contributed by atoms with Gasteiger partial charge in [0.2, 0.25) is 0 Å². The molecule has 0 unspecified atom stereocenters. The third kappa shape index (κ3) is 5.44. The molecule has 0 aliphatic carbocycles. The molecule has 0 N–H and O–H groups in total. The van der Waals surface area contributed by atoms with E-state index in [0.717, 1.165) is 17.8 Å². The largest absolute Gasteiger partial charge is 0.293 e. The van der Waals surface area contributed by atoms with Crippen molar-refractivity contribution in [2.45, 2.75) is 34.1 Å². The Balaban J connectivity index is 4.60. The van der Waals surface area contributed by atoms with Crippen molar-refractivity contribution in [2.24, 2.45) is 9.98 Å². The van der Waals surface area contributed by atoms with Crippen LogP contribution < -0.4 is 0 Å². The molecule has 0 saturated carbocycles. The number of rotatable bonds is 5. The van der Waals surface area contributed by atoms with Crippen molar-refractivity contribution >= 4 is 11.4 Å². The average molecular weight is 218 g/mol. The maximum absolute atomic E-state index is 4.21. The Kier molecular flexibility index (Phi) is 7.10. The van der Waals surface area contributed by atoms with E-state index in [9.17, 15) is 0 Å². The van der Waals surface area contributed by atoms with Gasteiger partial charge < -0.3 is 0 Å². The summed E-state index contributed by atoms with van der Waals surface area (Å²) in [6, 6.07) is 0. The molecule has 0 aromatic rings. The first-order valence-electron chi connectivity index (χ1n) is 5.44. The summed E-state index contributed by atoms with van der Waals surface area (Å²) < 4.78 is 0. The molecule has 0 amide bonds. The van der Waals surface area contributed by atoms with Crippen LogP contribution in [0, 0.1) is 0 Å². The van der Waals surface area contributed by atoms with Gasteiger partial charge in [0.15, 0.2) is 0 Å². The summed E-state index contributed by atoms with van der Waals surface area (Å²) >= 11 is 0. The van der Waals surface area contributed by atoms with Gasteiger partial charge in [0, 0.05) is 24.7 Å². The molecule has 88 valence electrons. The molecule has 2 nitrogen and oxygen atoms in total. The molecule has 0 aliphatic heterocycles. The van der Waals surface area contributed by atoms with Crippen LogP contribution in [0.2, 0.25) is 0 Å². The molecule has 0 spiro atoms. The highest BCUT2D eigenvalue weighted by Crippen LogP contribution is 2.11. The smallest absolute Gasteiger partial charge is 0.0366 e. The van der Waals surface area contributed by atoms with Gasteiger partial charge in [-0.2, -0.15) is 0 Å². The Hall–Kier alpha value is -1.44.